The molecule has 6 nitrogen and oxygen atoms in total. The molecule has 1 aliphatic heterocycles. The standard InChI is InChI=1S/C11H8ClNO5S/c12-7-1-3-8(4-2-7)18-5-10-13-9(11(14)15)6-19(10,16)17/h1-4,6H,5H2,(H,14,15). The summed E-state index contributed by atoms with van der Waals surface area (Å²) in [4.78, 5) is 14.2. The Morgan fingerprint density at radius 2 is 1.95 bits per heavy atom. The number of rotatable bonds is 4. The molecule has 1 aliphatic rings. The number of hydrogen-bond donors (Lipinski definition) is 1. The first-order chi connectivity index (χ1) is 8.88. The van der Waals surface area contributed by atoms with Gasteiger partial charge in [-0.15, -0.1) is 0 Å². The largest absolute Gasteiger partial charge is 0.487 e. The molecule has 0 radical (unpaired) electrons. The van der Waals surface area contributed by atoms with E-state index in [4.69, 9.17) is 21.4 Å². The van der Waals surface area contributed by atoms with Crippen molar-refractivity contribution in [2.45, 2.75) is 0 Å². The van der Waals surface area contributed by atoms with Gasteiger partial charge in [-0.2, -0.15) is 0 Å². The van der Waals surface area contributed by atoms with Crippen LogP contribution >= 0.6 is 11.6 Å². The van der Waals surface area contributed by atoms with Gasteiger partial charge in [-0.3, -0.25) is 0 Å². The van der Waals surface area contributed by atoms with Crippen molar-refractivity contribution in [2.75, 3.05) is 6.61 Å². The third-order valence-electron chi connectivity index (χ3n) is 2.24. The summed E-state index contributed by atoms with van der Waals surface area (Å²) in [5.74, 6) is -0.990. The van der Waals surface area contributed by atoms with Crippen molar-refractivity contribution in [1.29, 1.82) is 0 Å². The summed E-state index contributed by atoms with van der Waals surface area (Å²) in [6.45, 7) is -0.336. The highest BCUT2D eigenvalue weighted by atomic mass is 35.5. The van der Waals surface area contributed by atoms with E-state index in [9.17, 15) is 13.2 Å². The van der Waals surface area contributed by atoms with Crippen molar-refractivity contribution in [3.8, 4) is 5.75 Å². The summed E-state index contributed by atoms with van der Waals surface area (Å²) >= 11 is 5.69. The predicted molar refractivity (Wildman–Crippen MR) is 69.0 cm³/mol. The number of halogens is 1. The minimum atomic E-state index is -3.80. The Kier molecular flexibility index (Phi) is 3.59. The molecule has 1 aromatic rings. The van der Waals surface area contributed by atoms with E-state index in [1.54, 1.807) is 24.3 Å². The monoisotopic (exact) mass is 301 g/mol. The fraction of sp³-hybridized carbons (Fsp3) is 0.0909. The van der Waals surface area contributed by atoms with Crippen LogP contribution in [0.5, 0.6) is 5.75 Å². The minimum Gasteiger partial charge on any atom is -0.487 e. The lowest BCUT2D eigenvalue weighted by atomic mass is 10.3. The molecule has 0 spiro atoms. The molecule has 0 saturated heterocycles. The second kappa shape index (κ2) is 5.02. The van der Waals surface area contributed by atoms with Gasteiger partial charge in [0.25, 0.3) is 0 Å². The predicted octanol–water partition coefficient (Wildman–Crippen LogP) is 1.47. The lowest BCUT2D eigenvalue weighted by molar-refractivity contribution is -0.132. The van der Waals surface area contributed by atoms with E-state index >= 15 is 0 Å². The summed E-state index contributed by atoms with van der Waals surface area (Å²) < 4.78 is 28.4. The van der Waals surface area contributed by atoms with Crippen LogP contribution in [0.2, 0.25) is 5.02 Å². The Morgan fingerprint density at radius 3 is 2.47 bits per heavy atom. The quantitative estimate of drug-likeness (QED) is 0.909. The number of carboxylic acid groups (broad SMARTS) is 1. The smallest absolute Gasteiger partial charge is 0.355 e. The highest BCUT2D eigenvalue weighted by Gasteiger charge is 2.28. The molecule has 0 fully saturated rings. The number of sulfone groups is 1. The third-order valence-corrected chi connectivity index (χ3v) is 3.89. The van der Waals surface area contributed by atoms with Gasteiger partial charge >= 0.3 is 5.97 Å². The number of benzene rings is 1. The van der Waals surface area contributed by atoms with Gasteiger partial charge in [-0.1, -0.05) is 11.6 Å². The first kappa shape index (κ1) is 13.6. The van der Waals surface area contributed by atoms with E-state index in [0.29, 0.717) is 16.2 Å². The summed E-state index contributed by atoms with van der Waals surface area (Å²) in [6, 6.07) is 6.30. The number of carboxylic acids is 1. The van der Waals surface area contributed by atoms with Crippen LogP contribution in [0.1, 0.15) is 0 Å². The van der Waals surface area contributed by atoms with Crippen LogP contribution in [0.4, 0.5) is 0 Å². The van der Waals surface area contributed by atoms with Gasteiger partial charge in [-0.05, 0) is 24.3 Å². The number of hydrogen-bond acceptors (Lipinski definition) is 5. The molecular formula is C11H8ClNO5S. The van der Waals surface area contributed by atoms with E-state index in [2.05, 4.69) is 4.99 Å². The molecule has 19 heavy (non-hydrogen) atoms. The van der Waals surface area contributed by atoms with Gasteiger partial charge < -0.3 is 9.84 Å². The molecular weight excluding hydrogens is 294 g/mol. The zero-order valence-corrected chi connectivity index (χ0v) is 11.0. The molecule has 0 atom stereocenters. The van der Waals surface area contributed by atoms with Crippen LogP contribution in [0.25, 0.3) is 0 Å². The molecule has 8 heteroatoms. The highest BCUT2D eigenvalue weighted by Crippen LogP contribution is 2.18. The summed E-state index contributed by atoms with van der Waals surface area (Å²) in [5.41, 5.74) is -0.519. The van der Waals surface area contributed by atoms with Gasteiger partial charge in [-0.25, -0.2) is 18.2 Å². The second-order valence-corrected chi connectivity index (χ2v) is 5.83. The zero-order chi connectivity index (χ0) is 14.0. The summed E-state index contributed by atoms with van der Waals surface area (Å²) in [5, 5.41) is 9.48. The van der Waals surface area contributed by atoms with Gasteiger partial charge in [0.2, 0.25) is 9.84 Å². The Labute approximate surface area is 113 Å². The maximum absolute atomic E-state index is 11.6. The first-order valence-corrected chi connectivity index (χ1v) is 6.97. The first-order valence-electron chi connectivity index (χ1n) is 5.04. The highest BCUT2D eigenvalue weighted by molar-refractivity contribution is 8.09. The Balaban J connectivity index is 2.11. The molecule has 0 unspecified atom stereocenters. The van der Waals surface area contributed by atoms with Crippen molar-refractivity contribution in [3.05, 3.63) is 40.4 Å². The number of nitrogens with zero attached hydrogens (tertiary/aromatic N) is 1. The molecule has 1 aromatic carbocycles. The Morgan fingerprint density at radius 1 is 1.32 bits per heavy atom. The lowest BCUT2D eigenvalue weighted by Crippen LogP contribution is -2.17. The van der Waals surface area contributed by atoms with Crippen molar-refractivity contribution < 1.29 is 23.1 Å². The van der Waals surface area contributed by atoms with Crippen LogP contribution in [0.15, 0.2) is 40.4 Å². The maximum atomic E-state index is 11.6. The molecule has 100 valence electrons. The van der Waals surface area contributed by atoms with Crippen molar-refractivity contribution in [1.82, 2.24) is 0 Å². The van der Waals surface area contributed by atoms with Gasteiger partial charge in [0.05, 0.1) is 5.41 Å². The zero-order valence-electron chi connectivity index (χ0n) is 9.41. The number of aliphatic carboxylic acids is 1. The fourth-order valence-electron chi connectivity index (χ4n) is 1.33. The molecule has 0 aliphatic carbocycles. The fourth-order valence-corrected chi connectivity index (χ4v) is 2.49. The number of aliphatic imine (C=N–C) groups is 1. The topological polar surface area (TPSA) is 93.0 Å². The van der Waals surface area contributed by atoms with E-state index in [0.717, 1.165) is 0 Å². The van der Waals surface area contributed by atoms with E-state index in [1.165, 1.54) is 0 Å². The van der Waals surface area contributed by atoms with Crippen molar-refractivity contribution in [3.63, 3.8) is 0 Å². The second-order valence-electron chi connectivity index (χ2n) is 3.60. The molecule has 0 aromatic heterocycles. The van der Waals surface area contributed by atoms with E-state index in [-0.39, 0.29) is 11.7 Å². The minimum absolute atomic E-state index is 0.333. The average Bonchev–Trinajstić information content (AvgIpc) is 2.64. The molecule has 0 amide bonds. The van der Waals surface area contributed by atoms with Crippen LogP contribution in [-0.4, -0.2) is 31.1 Å². The summed E-state index contributed by atoms with van der Waals surface area (Å²) in [6.07, 6.45) is 0. The Bertz CT molecular complexity index is 676. The van der Waals surface area contributed by atoms with Crippen LogP contribution in [0.3, 0.4) is 0 Å². The molecule has 1 heterocycles. The summed E-state index contributed by atoms with van der Waals surface area (Å²) in [7, 11) is -3.80. The molecule has 0 bridgehead atoms. The van der Waals surface area contributed by atoms with Crippen LogP contribution in [-0.2, 0) is 14.6 Å². The molecule has 0 saturated carbocycles. The van der Waals surface area contributed by atoms with Crippen molar-refractivity contribution >= 4 is 32.5 Å². The lowest BCUT2D eigenvalue weighted by Gasteiger charge is -2.05. The third kappa shape index (κ3) is 3.12. The maximum Gasteiger partial charge on any atom is 0.355 e. The van der Waals surface area contributed by atoms with Crippen LogP contribution in [0, 0.1) is 0 Å². The van der Waals surface area contributed by atoms with Gasteiger partial charge in [0.15, 0.2) is 10.7 Å². The van der Waals surface area contributed by atoms with Gasteiger partial charge in [0.1, 0.15) is 12.4 Å². The van der Waals surface area contributed by atoms with Crippen molar-refractivity contribution in [2.24, 2.45) is 4.99 Å². The SMILES string of the molecule is O=C(O)C1=CS(=O)(=O)C(COc2ccc(Cl)cc2)=N1. The molecule has 2 rings (SSSR count). The normalized spacial score (nSPS) is 16.7. The average molecular weight is 302 g/mol. The van der Waals surface area contributed by atoms with Gasteiger partial charge in [0, 0.05) is 5.02 Å². The van der Waals surface area contributed by atoms with E-state index < -0.39 is 21.5 Å². The van der Waals surface area contributed by atoms with E-state index in [1.807, 2.05) is 0 Å². The number of carbonyl (C=O) groups is 1. The Hall–Kier alpha value is -1.86. The van der Waals surface area contributed by atoms with Crippen LogP contribution < -0.4 is 4.74 Å². The number of ether oxygens (including phenoxy) is 1. The molecule has 1 N–H and O–H groups in total.